The molecule has 0 spiro atoms. The maximum atomic E-state index is 5.92. The lowest BCUT2D eigenvalue weighted by molar-refractivity contribution is 0.548. The molecule has 2 aromatic heterocycles. The van der Waals surface area contributed by atoms with Gasteiger partial charge in [0.25, 0.3) is 0 Å². The number of halogens is 1. The van der Waals surface area contributed by atoms with Crippen molar-refractivity contribution in [3.8, 4) is 5.88 Å². The SMILES string of the molecule is S=c1cc(-n2cccn2)oc2ccc(Cl)cc12. The van der Waals surface area contributed by atoms with Gasteiger partial charge in [0.05, 0.1) is 4.51 Å². The molecular formula is C12H7ClN2OS. The second kappa shape index (κ2) is 3.98. The molecule has 0 bridgehead atoms. The van der Waals surface area contributed by atoms with Crippen molar-refractivity contribution < 1.29 is 4.42 Å². The molecule has 0 fully saturated rings. The van der Waals surface area contributed by atoms with Crippen molar-refractivity contribution in [1.29, 1.82) is 0 Å². The Morgan fingerprint density at radius 2 is 2.18 bits per heavy atom. The normalized spacial score (nSPS) is 10.9. The fourth-order valence-electron chi connectivity index (χ4n) is 1.63. The number of benzene rings is 1. The smallest absolute Gasteiger partial charge is 0.221 e. The van der Waals surface area contributed by atoms with Crippen LogP contribution in [-0.4, -0.2) is 9.78 Å². The molecule has 3 rings (SSSR count). The van der Waals surface area contributed by atoms with Crippen LogP contribution < -0.4 is 0 Å². The molecule has 5 heteroatoms. The first-order chi connectivity index (χ1) is 8.24. The Labute approximate surface area is 107 Å². The van der Waals surface area contributed by atoms with Crippen LogP contribution in [-0.2, 0) is 0 Å². The summed E-state index contributed by atoms with van der Waals surface area (Å²) < 4.78 is 8.04. The van der Waals surface area contributed by atoms with E-state index in [2.05, 4.69) is 5.10 Å². The zero-order valence-electron chi connectivity index (χ0n) is 8.63. The molecule has 1 aromatic carbocycles. The Morgan fingerprint density at radius 1 is 1.29 bits per heavy atom. The molecule has 84 valence electrons. The van der Waals surface area contributed by atoms with Crippen LogP contribution in [0.5, 0.6) is 0 Å². The molecule has 0 amide bonds. The standard InChI is InChI=1S/C12H7ClN2OS/c13-8-2-3-10-9(6-8)11(17)7-12(16-10)15-5-1-4-14-15/h1-7H. The summed E-state index contributed by atoms with van der Waals surface area (Å²) in [5.41, 5.74) is 0.701. The monoisotopic (exact) mass is 262 g/mol. The Balaban J connectivity index is 2.32. The Hall–Kier alpha value is -1.65. The van der Waals surface area contributed by atoms with E-state index in [1.165, 1.54) is 0 Å². The predicted octanol–water partition coefficient (Wildman–Crippen LogP) is 4.00. The highest BCUT2D eigenvalue weighted by molar-refractivity contribution is 7.71. The molecule has 17 heavy (non-hydrogen) atoms. The van der Waals surface area contributed by atoms with Crippen molar-refractivity contribution in [3.05, 3.63) is 52.3 Å². The van der Waals surface area contributed by atoms with E-state index in [1.807, 2.05) is 6.07 Å². The van der Waals surface area contributed by atoms with E-state index in [0.29, 0.717) is 21.0 Å². The molecule has 0 aliphatic carbocycles. The van der Waals surface area contributed by atoms with Gasteiger partial charge in [-0.3, -0.25) is 0 Å². The van der Waals surface area contributed by atoms with Crippen molar-refractivity contribution >= 4 is 34.8 Å². The van der Waals surface area contributed by atoms with Crippen molar-refractivity contribution in [1.82, 2.24) is 9.78 Å². The van der Waals surface area contributed by atoms with Crippen LogP contribution >= 0.6 is 23.8 Å². The van der Waals surface area contributed by atoms with Gasteiger partial charge in [-0.2, -0.15) is 5.10 Å². The second-order valence-corrected chi connectivity index (χ2v) is 4.42. The molecular weight excluding hydrogens is 256 g/mol. The topological polar surface area (TPSA) is 31.0 Å². The highest BCUT2D eigenvalue weighted by Crippen LogP contribution is 2.23. The first-order valence-corrected chi connectivity index (χ1v) is 5.76. The summed E-state index contributed by atoms with van der Waals surface area (Å²) in [6, 6.07) is 8.97. The van der Waals surface area contributed by atoms with Gasteiger partial charge in [0.1, 0.15) is 5.58 Å². The summed E-state index contributed by atoms with van der Waals surface area (Å²) in [6.45, 7) is 0. The minimum absolute atomic E-state index is 0.592. The number of hydrogen-bond acceptors (Lipinski definition) is 3. The summed E-state index contributed by atoms with van der Waals surface area (Å²) in [5, 5.41) is 5.58. The minimum atomic E-state index is 0.592. The number of nitrogens with zero attached hydrogens (tertiary/aromatic N) is 2. The molecule has 0 saturated carbocycles. The highest BCUT2D eigenvalue weighted by Gasteiger charge is 2.04. The summed E-state index contributed by atoms with van der Waals surface area (Å²) in [7, 11) is 0. The van der Waals surface area contributed by atoms with E-state index >= 15 is 0 Å². The van der Waals surface area contributed by atoms with Gasteiger partial charge in [0, 0.05) is 28.9 Å². The van der Waals surface area contributed by atoms with Crippen LogP contribution in [0, 0.1) is 4.51 Å². The van der Waals surface area contributed by atoms with Crippen LogP contribution in [0.2, 0.25) is 5.02 Å². The largest absolute Gasteiger partial charge is 0.438 e. The first-order valence-electron chi connectivity index (χ1n) is 4.97. The number of aromatic nitrogens is 2. The summed E-state index contributed by atoms with van der Waals surface area (Å²) in [5.74, 6) is 0.592. The van der Waals surface area contributed by atoms with Crippen molar-refractivity contribution in [2.75, 3.05) is 0 Å². The summed E-state index contributed by atoms with van der Waals surface area (Å²) in [6.07, 6.45) is 3.49. The zero-order valence-corrected chi connectivity index (χ0v) is 10.2. The van der Waals surface area contributed by atoms with E-state index < -0.39 is 0 Å². The molecule has 0 radical (unpaired) electrons. The lowest BCUT2D eigenvalue weighted by Gasteiger charge is -2.03. The Kier molecular flexibility index (Phi) is 2.46. The average molecular weight is 263 g/mol. The minimum Gasteiger partial charge on any atom is -0.438 e. The molecule has 0 unspecified atom stereocenters. The van der Waals surface area contributed by atoms with E-state index in [1.54, 1.807) is 41.3 Å². The molecule has 3 aromatic rings. The van der Waals surface area contributed by atoms with Gasteiger partial charge >= 0.3 is 0 Å². The van der Waals surface area contributed by atoms with Crippen LogP contribution in [0.25, 0.3) is 16.9 Å². The number of fused-ring (bicyclic) bond motifs is 1. The lowest BCUT2D eigenvalue weighted by Crippen LogP contribution is -1.94. The van der Waals surface area contributed by atoms with Crippen molar-refractivity contribution in [3.63, 3.8) is 0 Å². The molecule has 3 nitrogen and oxygen atoms in total. The van der Waals surface area contributed by atoms with Crippen molar-refractivity contribution in [2.45, 2.75) is 0 Å². The average Bonchev–Trinajstić information content (AvgIpc) is 2.83. The van der Waals surface area contributed by atoms with Gasteiger partial charge in [0.2, 0.25) is 5.88 Å². The van der Waals surface area contributed by atoms with Gasteiger partial charge in [-0.15, -0.1) is 0 Å². The molecule has 0 aliphatic rings. The number of hydrogen-bond donors (Lipinski definition) is 0. The predicted molar refractivity (Wildman–Crippen MR) is 69.2 cm³/mol. The lowest BCUT2D eigenvalue weighted by atomic mass is 10.2. The maximum Gasteiger partial charge on any atom is 0.221 e. The van der Waals surface area contributed by atoms with E-state index in [-0.39, 0.29) is 0 Å². The molecule has 0 aliphatic heterocycles. The zero-order chi connectivity index (χ0) is 11.8. The second-order valence-electron chi connectivity index (χ2n) is 3.54. The van der Waals surface area contributed by atoms with E-state index in [0.717, 1.165) is 5.39 Å². The van der Waals surface area contributed by atoms with Crippen LogP contribution in [0.1, 0.15) is 0 Å². The molecule has 0 saturated heterocycles. The summed E-state index contributed by atoms with van der Waals surface area (Å²) >= 11 is 11.2. The first kappa shape index (κ1) is 10.5. The third kappa shape index (κ3) is 1.85. The maximum absolute atomic E-state index is 5.92. The Morgan fingerprint density at radius 3 is 2.94 bits per heavy atom. The highest BCUT2D eigenvalue weighted by atomic mass is 35.5. The summed E-state index contributed by atoms with van der Waals surface area (Å²) in [4.78, 5) is 0. The number of rotatable bonds is 1. The van der Waals surface area contributed by atoms with Gasteiger partial charge in [-0.25, -0.2) is 4.68 Å². The van der Waals surface area contributed by atoms with Crippen LogP contribution in [0.4, 0.5) is 0 Å². The fourth-order valence-corrected chi connectivity index (χ4v) is 2.06. The molecule has 0 atom stereocenters. The van der Waals surface area contributed by atoms with Gasteiger partial charge in [-0.1, -0.05) is 23.8 Å². The van der Waals surface area contributed by atoms with Crippen LogP contribution in [0.15, 0.2) is 47.1 Å². The van der Waals surface area contributed by atoms with Crippen LogP contribution in [0.3, 0.4) is 0 Å². The van der Waals surface area contributed by atoms with Gasteiger partial charge in [0.15, 0.2) is 0 Å². The fraction of sp³-hybridized carbons (Fsp3) is 0. The van der Waals surface area contributed by atoms with Crippen molar-refractivity contribution in [2.24, 2.45) is 0 Å². The Bertz CT molecular complexity index is 734. The quantitative estimate of drug-likeness (QED) is 0.621. The van der Waals surface area contributed by atoms with Gasteiger partial charge < -0.3 is 4.42 Å². The molecule has 0 N–H and O–H groups in total. The third-order valence-electron chi connectivity index (χ3n) is 2.41. The molecule has 2 heterocycles. The van der Waals surface area contributed by atoms with E-state index in [9.17, 15) is 0 Å². The third-order valence-corrected chi connectivity index (χ3v) is 2.98. The van der Waals surface area contributed by atoms with Gasteiger partial charge in [-0.05, 0) is 24.3 Å². The van der Waals surface area contributed by atoms with E-state index in [4.69, 9.17) is 28.2 Å².